The number of hydrogen-bond donors (Lipinski definition) is 2. The summed E-state index contributed by atoms with van der Waals surface area (Å²) in [5, 5.41) is 11.7. The maximum absolute atomic E-state index is 13.8. The maximum Gasteiger partial charge on any atom is 0.255 e. The van der Waals surface area contributed by atoms with Gasteiger partial charge in [0.1, 0.15) is 11.8 Å². The average Bonchev–Trinajstić information content (AvgIpc) is 3.38. The highest BCUT2D eigenvalue weighted by Gasteiger charge is 2.35. The number of rotatable bonds is 9. The number of hydrogen-bond acceptors (Lipinski definition) is 8. The van der Waals surface area contributed by atoms with Gasteiger partial charge in [-0.15, -0.1) is 5.10 Å². The second-order valence-corrected chi connectivity index (χ2v) is 9.74. The molecule has 2 heterocycles. The van der Waals surface area contributed by atoms with Gasteiger partial charge < -0.3 is 24.8 Å². The summed E-state index contributed by atoms with van der Waals surface area (Å²) in [6.45, 7) is 1.87. The van der Waals surface area contributed by atoms with Crippen LogP contribution < -0.4 is 24.8 Å². The number of aromatic nitrogens is 3. The van der Waals surface area contributed by atoms with Gasteiger partial charge in [0.25, 0.3) is 5.91 Å². The lowest BCUT2D eigenvalue weighted by molar-refractivity contribution is -0.113. The van der Waals surface area contributed by atoms with Crippen LogP contribution in [0.2, 0.25) is 0 Å². The van der Waals surface area contributed by atoms with E-state index in [-0.39, 0.29) is 5.91 Å². The lowest BCUT2D eigenvalue weighted by atomic mass is 9.94. The van der Waals surface area contributed by atoms with E-state index in [2.05, 4.69) is 22.8 Å². The molecule has 0 bridgehead atoms. The summed E-state index contributed by atoms with van der Waals surface area (Å²) < 4.78 is 18.0. The number of ether oxygens (including phenoxy) is 3. The number of allylic oxidation sites excluding steroid dienone is 1. The van der Waals surface area contributed by atoms with Crippen molar-refractivity contribution in [3.63, 3.8) is 0 Å². The van der Waals surface area contributed by atoms with Gasteiger partial charge in [0.05, 0.1) is 26.9 Å². The third-order valence-corrected chi connectivity index (χ3v) is 7.27. The molecule has 1 aromatic heterocycles. The molecule has 1 amide bonds. The zero-order chi connectivity index (χ0) is 27.4. The van der Waals surface area contributed by atoms with Gasteiger partial charge in [-0.1, -0.05) is 48.2 Å². The maximum atomic E-state index is 13.8. The molecule has 9 nitrogen and oxygen atoms in total. The molecule has 0 aliphatic carbocycles. The van der Waals surface area contributed by atoms with Crippen LogP contribution in [0.15, 0.2) is 89.2 Å². The number of benzene rings is 3. The minimum Gasteiger partial charge on any atom is -0.497 e. The number of methoxy groups -OCH3 is 3. The molecule has 1 atom stereocenters. The van der Waals surface area contributed by atoms with Crippen molar-refractivity contribution >= 4 is 29.3 Å². The fourth-order valence-corrected chi connectivity index (χ4v) is 5.20. The summed E-state index contributed by atoms with van der Waals surface area (Å²) >= 11 is 1.54. The van der Waals surface area contributed by atoms with E-state index in [1.807, 2.05) is 43.3 Å². The van der Waals surface area contributed by atoms with Crippen molar-refractivity contribution in [2.24, 2.45) is 0 Å². The molecular formula is C29H29N5O4S. The van der Waals surface area contributed by atoms with Crippen molar-refractivity contribution in [1.29, 1.82) is 0 Å². The van der Waals surface area contributed by atoms with Crippen molar-refractivity contribution < 1.29 is 19.0 Å². The quantitative estimate of drug-likeness (QED) is 0.266. The Hall–Kier alpha value is -4.44. The largest absolute Gasteiger partial charge is 0.497 e. The standard InChI is InChI=1S/C29H29N5O4S/c1-18-25(27(35)31-21-11-13-22(36-2)14-12-21)26(20-10-15-23(37-3)24(16-20)38-4)34-28(30-18)32-29(33-34)39-17-19-8-6-5-7-9-19/h5-16,26H,17H2,1-4H3,(H,31,35)(H,30,32,33)/t26-/m0/s1. The number of carbonyl (C=O) groups excluding carboxylic acids is 1. The number of anilines is 2. The van der Waals surface area contributed by atoms with Gasteiger partial charge >= 0.3 is 0 Å². The molecule has 0 unspecified atom stereocenters. The number of carbonyl (C=O) groups is 1. The van der Waals surface area contributed by atoms with Crippen LogP contribution in [0.5, 0.6) is 17.2 Å². The van der Waals surface area contributed by atoms with E-state index in [9.17, 15) is 4.79 Å². The Morgan fingerprint density at radius 3 is 2.41 bits per heavy atom. The molecule has 0 spiro atoms. The highest BCUT2D eigenvalue weighted by Crippen LogP contribution is 2.40. The summed E-state index contributed by atoms with van der Waals surface area (Å²) in [4.78, 5) is 18.5. The Morgan fingerprint density at radius 2 is 1.72 bits per heavy atom. The first kappa shape index (κ1) is 26.2. The minimum absolute atomic E-state index is 0.260. The Morgan fingerprint density at radius 1 is 0.974 bits per heavy atom. The number of nitrogens with zero attached hydrogens (tertiary/aromatic N) is 3. The smallest absolute Gasteiger partial charge is 0.255 e. The first-order chi connectivity index (χ1) is 19.0. The predicted octanol–water partition coefficient (Wildman–Crippen LogP) is 5.52. The average molecular weight is 544 g/mol. The van der Waals surface area contributed by atoms with Crippen LogP contribution in [-0.4, -0.2) is 42.0 Å². The normalized spacial score (nSPS) is 14.3. The second-order valence-electron chi connectivity index (χ2n) is 8.80. The molecule has 1 aliphatic heterocycles. The monoisotopic (exact) mass is 543 g/mol. The van der Waals surface area contributed by atoms with Crippen LogP contribution in [0.25, 0.3) is 0 Å². The van der Waals surface area contributed by atoms with Gasteiger partial charge in [0, 0.05) is 17.1 Å². The van der Waals surface area contributed by atoms with Gasteiger partial charge in [-0.3, -0.25) is 4.79 Å². The summed E-state index contributed by atoms with van der Waals surface area (Å²) in [7, 11) is 4.78. The van der Waals surface area contributed by atoms with E-state index in [0.29, 0.717) is 45.3 Å². The molecule has 3 aromatic carbocycles. The van der Waals surface area contributed by atoms with E-state index >= 15 is 0 Å². The first-order valence-electron chi connectivity index (χ1n) is 12.3. The molecule has 0 saturated heterocycles. The molecule has 2 N–H and O–H groups in total. The fraction of sp³-hybridized carbons (Fsp3) is 0.207. The third kappa shape index (κ3) is 5.56. The van der Waals surface area contributed by atoms with Gasteiger partial charge in [0.15, 0.2) is 11.5 Å². The van der Waals surface area contributed by atoms with E-state index in [1.165, 1.54) is 17.3 Å². The van der Waals surface area contributed by atoms with E-state index < -0.39 is 6.04 Å². The Bertz CT molecular complexity index is 1500. The van der Waals surface area contributed by atoms with Gasteiger partial charge in [-0.25, -0.2) is 4.68 Å². The summed E-state index contributed by atoms with van der Waals surface area (Å²) in [6.07, 6.45) is 0. The van der Waals surface area contributed by atoms with Crippen molar-refractivity contribution in [1.82, 2.24) is 14.8 Å². The van der Waals surface area contributed by atoms with Gasteiger partial charge in [0.2, 0.25) is 11.1 Å². The van der Waals surface area contributed by atoms with Crippen LogP contribution in [0.3, 0.4) is 0 Å². The highest BCUT2D eigenvalue weighted by atomic mass is 32.2. The molecular weight excluding hydrogens is 514 g/mol. The number of fused-ring (bicyclic) bond motifs is 1. The summed E-state index contributed by atoms with van der Waals surface area (Å²) in [5.74, 6) is 2.88. The molecule has 39 heavy (non-hydrogen) atoms. The molecule has 10 heteroatoms. The fourth-order valence-electron chi connectivity index (χ4n) is 4.41. The molecule has 0 fully saturated rings. The Kier molecular flexibility index (Phi) is 7.74. The van der Waals surface area contributed by atoms with Crippen LogP contribution in [0.1, 0.15) is 24.1 Å². The zero-order valence-corrected chi connectivity index (χ0v) is 22.9. The first-order valence-corrected chi connectivity index (χ1v) is 13.3. The van der Waals surface area contributed by atoms with Gasteiger partial charge in [-0.05, 0) is 54.4 Å². The Labute approximate surface area is 231 Å². The van der Waals surface area contributed by atoms with Crippen molar-refractivity contribution in [2.45, 2.75) is 23.9 Å². The Balaban J connectivity index is 1.52. The topological polar surface area (TPSA) is 99.5 Å². The van der Waals surface area contributed by atoms with Crippen LogP contribution in [0.4, 0.5) is 11.6 Å². The van der Waals surface area contributed by atoms with Crippen LogP contribution in [-0.2, 0) is 10.5 Å². The minimum atomic E-state index is -0.558. The van der Waals surface area contributed by atoms with Crippen molar-refractivity contribution in [3.05, 3.63) is 95.2 Å². The van der Waals surface area contributed by atoms with Crippen molar-refractivity contribution in [3.8, 4) is 17.2 Å². The lowest BCUT2D eigenvalue weighted by Gasteiger charge is -2.29. The predicted molar refractivity (Wildman–Crippen MR) is 152 cm³/mol. The molecule has 4 aromatic rings. The van der Waals surface area contributed by atoms with E-state index in [4.69, 9.17) is 24.3 Å². The molecule has 0 radical (unpaired) electrons. The number of nitrogens with one attached hydrogen (secondary N) is 2. The zero-order valence-electron chi connectivity index (χ0n) is 22.1. The molecule has 200 valence electrons. The van der Waals surface area contributed by atoms with Crippen molar-refractivity contribution in [2.75, 3.05) is 32.0 Å². The van der Waals surface area contributed by atoms with E-state index in [1.54, 1.807) is 50.3 Å². The van der Waals surface area contributed by atoms with Gasteiger partial charge in [-0.2, -0.15) is 4.98 Å². The summed E-state index contributed by atoms with van der Waals surface area (Å²) in [6, 6.07) is 22.4. The second kappa shape index (κ2) is 11.5. The molecule has 5 rings (SSSR count). The number of amides is 1. The van der Waals surface area contributed by atoms with Crippen LogP contribution in [0, 0.1) is 0 Å². The third-order valence-electron chi connectivity index (χ3n) is 6.36. The highest BCUT2D eigenvalue weighted by molar-refractivity contribution is 7.98. The molecule has 1 aliphatic rings. The number of thioether (sulfide) groups is 1. The molecule has 0 saturated carbocycles. The lowest BCUT2D eigenvalue weighted by Crippen LogP contribution is -2.31. The van der Waals surface area contributed by atoms with E-state index in [0.717, 1.165) is 11.3 Å². The SMILES string of the molecule is COc1ccc(NC(=O)C2=C(C)Nc3nc(SCc4ccccc4)nn3[C@H]2c2ccc(OC)c(OC)c2)cc1. The summed E-state index contributed by atoms with van der Waals surface area (Å²) in [5.41, 5.74) is 3.82. The van der Waals surface area contributed by atoms with Crippen LogP contribution >= 0.6 is 11.8 Å².